The number of aromatic amines is 1. The Morgan fingerprint density at radius 2 is 2.16 bits per heavy atom. The van der Waals surface area contributed by atoms with Crippen LogP contribution in [0.2, 0.25) is 0 Å². The number of fused-ring (bicyclic) bond motifs is 4. The molecule has 11 heteroatoms. The van der Waals surface area contributed by atoms with Gasteiger partial charge in [0.2, 0.25) is 0 Å². The number of aromatic nitrogens is 5. The Kier molecular flexibility index (Phi) is 4.71. The molecular weight excluding hydrogens is 466 g/mol. The van der Waals surface area contributed by atoms with Gasteiger partial charge in [-0.15, -0.1) is 11.3 Å². The first-order valence-electron chi connectivity index (χ1n) is 10.6. The largest absolute Gasteiger partial charge is 0.342 e. The van der Waals surface area contributed by atoms with Crippen molar-refractivity contribution in [1.82, 2.24) is 24.7 Å². The topological polar surface area (TPSA) is 111 Å². The van der Waals surface area contributed by atoms with Crippen LogP contribution >= 0.6 is 23.1 Å². The molecule has 32 heavy (non-hydrogen) atoms. The average molecular weight is 488 g/mol. The van der Waals surface area contributed by atoms with E-state index in [4.69, 9.17) is 0 Å². The summed E-state index contributed by atoms with van der Waals surface area (Å²) in [6.07, 6.45) is 5.50. The number of pyridine rings is 1. The maximum atomic E-state index is 12.9. The van der Waals surface area contributed by atoms with Crippen LogP contribution in [0.25, 0.3) is 21.3 Å². The summed E-state index contributed by atoms with van der Waals surface area (Å²) in [5, 5.41) is 7.17. The van der Waals surface area contributed by atoms with Crippen LogP contribution in [0, 0.1) is 6.92 Å². The maximum absolute atomic E-state index is 12.9. The monoisotopic (exact) mass is 487 g/mol. The molecule has 0 aromatic carbocycles. The van der Waals surface area contributed by atoms with Crippen LogP contribution in [0.4, 0.5) is 0 Å². The van der Waals surface area contributed by atoms with Gasteiger partial charge in [0.1, 0.15) is 21.8 Å². The zero-order valence-electron chi connectivity index (χ0n) is 17.4. The predicted molar refractivity (Wildman–Crippen MR) is 126 cm³/mol. The molecule has 0 saturated carbocycles. The molecule has 1 aliphatic carbocycles. The second-order valence-corrected chi connectivity index (χ2v) is 12.8. The first-order chi connectivity index (χ1) is 15.4. The standard InChI is InChI=1S/C21H21N5O3S3/c1-11-17-15(27)7-12(24-19(17)26(25-11)13-5-6-32(28,29)9-13)8-30-20-18-14-3-2-4-16(14)31-21(18)23-10-22-20/h7,10,13H,2-6,8-9H2,1H3,(H,24,27). The van der Waals surface area contributed by atoms with Crippen molar-refractivity contribution >= 4 is 54.2 Å². The summed E-state index contributed by atoms with van der Waals surface area (Å²) in [6.45, 7) is 1.79. The van der Waals surface area contributed by atoms with Crippen LogP contribution in [-0.4, -0.2) is 44.7 Å². The normalized spacial score (nSPS) is 19.8. The van der Waals surface area contributed by atoms with E-state index >= 15 is 0 Å². The molecule has 1 atom stereocenters. The van der Waals surface area contributed by atoms with Crippen molar-refractivity contribution in [3.05, 3.63) is 44.4 Å². The van der Waals surface area contributed by atoms with Gasteiger partial charge >= 0.3 is 0 Å². The fourth-order valence-electron chi connectivity index (χ4n) is 4.85. The number of nitrogens with one attached hydrogen (secondary N) is 1. The van der Waals surface area contributed by atoms with E-state index in [1.54, 1.807) is 47.1 Å². The molecule has 1 fully saturated rings. The van der Waals surface area contributed by atoms with Gasteiger partial charge in [-0.3, -0.25) is 4.79 Å². The molecule has 5 heterocycles. The molecule has 1 N–H and O–H groups in total. The highest BCUT2D eigenvalue weighted by Gasteiger charge is 2.31. The zero-order valence-corrected chi connectivity index (χ0v) is 19.9. The third kappa shape index (κ3) is 3.29. The smallest absolute Gasteiger partial charge is 0.193 e. The van der Waals surface area contributed by atoms with Crippen LogP contribution in [0.15, 0.2) is 22.2 Å². The molecule has 0 radical (unpaired) electrons. The highest BCUT2D eigenvalue weighted by molar-refractivity contribution is 7.98. The number of H-pyrrole nitrogens is 1. The summed E-state index contributed by atoms with van der Waals surface area (Å²) in [6, 6.07) is 1.38. The first kappa shape index (κ1) is 20.4. The lowest BCUT2D eigenvalue weighted by Crippen LogP contribution is -2.14. The van der Waals surface area contributed by atoms with Gasteiger partial charge < -0.3 is 4.98 Å². The summed E-state index contributed by atoms with van der Waals surface area (Å²) >= 11 is 3.36. The number of hydrogen-bond acceptors (Lipinski definition) is 8. The van der Waals surface area contributed by atoms with Gasteiger partial charge in [0.15, 0.2) is 15.3 Å². The van der Waals surface area contributed by atoms with E-state index in [1.165, 1.54) is 16.9 Å². The Balaban J connectivity index is 1.36. The average Bonchev–Trinajstić information content (AvgIpc) is 3.49. The van der Waals surface area contributed by atoms with Crippen molar-refractivity contribution in [3.8, 4) is 0 Å². The quantitative estimate of drug-likeness (QED) is 0.348. The molecule has 6 rings (SSSR count). The molecule has 1 unspecified atom stereocenters. The van der Waals surface area contributed by atoms with Gasteiger partial charge in [0.05, 0.1) is 28.6 Å². The Morgan fingerprint density at radius 1 is 1.28 bits per heavy atom. The summed E-state index contributed by atoms with van der Waals surface area (Å²) in [5.41, 5.74) is 3.29. The minimum absolute atomic E-state index is 0.0619. The van der Waals surface area contributed by atoms with Gasteiger partial charge in [-0.25, -0.2) is 23.1 Å². The lowest BCUT2D eigenvalue weighted by molar-refractivity contribution is 0.509. The number of rotatable bonds is 4. The summed E-state index contributed by atoms with van der Waals surface area (Å²) in [5.74, 6) is 0.772. The lowest BCUT2D eigenvalue weighted by atomic mass is 10.2. The van der Waals surface area contributed by atoms with Gasteiger partial charge in [-0.1, -0.05) is 11.8 Å². The van der Waals surface area contributed by atoms with E-state index in [1.807, 2.05) is 0 Å². The van der Waals surface area contributed by atoms with Gasteiger partial charge in [-0.05, 0) is 38.2 Å². The Bertz CT molecular complexity index is 1550. The van der Waals surface area contributed by atoms with Gasteiger partial charge in [0.25, 0.3) is 0 Å². The fraction of sp³-hybridized carbons (Fsp3) is 0.429. The summed E-state index contributed by atoms with van der Waals surface area (Å²) in [4.78, 5) is 27.7. The molecule has 4 aromatic heterocycles. The minimum atomic E-state index is -3.06. The Labute approximate surface area is 192 Å². The fourth-order valence-corrected chi connectivity index (χ4v) is 8.77. The SMILES string of the molecule is Cc1nn(C2CCS(=O)(=O)C2)c2[nH]c(CSc3ncnc4sc5c(c34)CCC5)cc(=O)c12. The third-order valence-electron chi connectivity index (χ3n) is 6.30. The summed E-state index contributed by atoms with van der Waals surface area (Å²) < 4.78 is 25.7. The van der Waals surface area contributed by atoms with E-state index in [-0.39, 0.29) is 23.0 Å². The number of thioether (sulfide) groups is 1. The molecule has 2 aliphatic rings. The lowest BCUT2D eigenvalue weighted by Gasteiger charge is -2.11. The van der Waals surface area contributed by atoms with Crippen molar-refractivity contribution < 1.29 is 8.42 Å². The molecule has 0 spiro atoms. The predicted octanol–water partition coefficient (Wildman–Crippen LogP) is 3.18. The van der Waals surface area contributed by atoms with Crippen molar-refractivity contribution in [1.29, 1.82) is 0 Å². The minimum Gasteiger partial charge on any atom is -0.342 e. The number of aryl methyl sites for hydroxylation is 3. The molecule has 8 nitrogen and oxygen atoms in total. The van der Waals surface area contributed by atoms with E-state index in [2.05, 4.69) is 20.1 Å². The number of sulfone groups is 1. The van der Waals surface area contributed by atoms with Gasteiger partial charge in [-0.2, -0.15) is 5.10 Å². The highest BCUT2D eigenvalue weighted by atomic mass is 32.2. The Morgan fingerprint density at radius 3 is 2.97 bits per heavy atom. The van der Waals surface area contributed by atoms with Crippen LogP contribution in [0.3, 0.4) is 0 Å². The highest BCUT2D eigenvalue weighted by Crippen LogP contribution is 2.40. The van der Waals surface area contributed by atoms with Crippen molar-refractivity contribution in [2.45, 2.75) is 49.4 Å². The molecule has 0 amide bonds. The van der Waals surface area contributed by atoms with Crippen molar-refractivity contribution in [2.75, 3.05) is 11.5 Å². The zero-order chi connectivity index (χ0) is 22.0. The van der Waals surface area contributed by atoms with Crippen LogP contribution < -0.4 is 5.43 Å². The second-order valence-electron chi connectivity index (χ2n) is 8.47. The van der Waals surface area contributed by atoms with E-state index < -0.39 is 9.84 Å². The van der Waals surface area contributed by atoms with Crippen molar-refractivity contribution in [2.24, 2.45) is 0 Å². The van der Waals surface area contributed by atoms with E-state index in [0.717, 1.165) is 33.8 Å². The third-order valence-corrected chi connectivity index (χ3v) is 10.3. The van der Waals surface area contributed by atoms with Gasteiger partial charge in [0, 0.05) is 27.8 Å². The molecule has 1 saturated heterocycles. The Hall–Kier alpha value is -2.24. The van der Waals surface area contributed by atoms with Crippen molar-refractivity contribution in [3.63, 3.8) is 0 Å². The second kappa shape index (κ2) is 7.39. The number of nitrogens with zero attached hydrogens (tertiary/aromatic N) is 4. The summed E-state index contributed by atoms with van der Waals surface area (Å²) in [7, 11) is -3.06. The molecular formula is C21H21N5O3S3. The maximum Gasteiger partial charge on any atom is 0.193 e. The molecule has 1 aliphatic heterocycles. The molecule has 0 bridgehead atoms. The first-order valence-corrected chi connectivity index (χ1v) is 14.2. The number of hydrogen-bond donors (Lipinski definition) is 1. The van der Waals surface area contributed by atoms with Crippen LogP contribution in [0.5, 0.6) is 0 Å². The van der Waals surface area contributed by atoms with Crippen LogP contribution in [0.1, 0.15) is 40.7 Å². The van der Waals surface area contributed by atoms with Crippen LogP contribution in [-0.2, 0) is 28.4 Å². The number of thiophene rings is 1. The molecule has 166 valence electrons. The molecule has 4 aromatic rings. The van der Waals surface area contributed by atoms with E-state index in [0.29, 0.717) is 28.9 Å². The van der Waals surface area contributed by atoms with E-state index in [9.17, 15) is 13.2 Å².